The van der Waals surface area contributed by atoms with Gasteiger partial charge in [-0.25, -0.2) is 4.98 Å². The molecule has 1 N–H and O–H groups in total. The first-order valence-corrected chi connectivity index (χ1v) is 10.7. The highest BCUT2D eigenvalue weighted by atomic mass is 35.5. The predicted octanol–water partition coefficient (Wildman–Crippen LogP) is 3.04. The van der Waals surface area contributed by atoms with E-state index in [1.807, 2.05) is 29.9 Å². The summed E-state index contributed by atoms with van der Waals surface area (Å²) in [7, 11) is 1.84. The second-order valence-corrected chi connectivity index (χ2v) is 8.57. The molecule has 164 valence electrons. The maximum Gasteiger partial charge on any atom is 0.255 e. The van der Waals surface area contributed by atoms with Crippen LogP contribution in [0.5, 0.6) is 0 Å². The molecular weight excluding hydrogens is 442 g/mol. The number of benzene rings is 2. The molecule has 1 fully saturated rings. The van der Waals surface area contributed by atoms with Crippen LogP contribution in [-0.2, 0) is 23.2 Å². The molecule has 8 nitrogen and oxygen atoms in total. The van der Waals surface area contributed by atoms with E-state index in [9.17, 15) is 19.6 Å². The molecule has 1 unspecified atom stereocenters. The first-order valence-electron chi connectivity index (χ1n) is 10.4. The van der Waals surface area contributed by atoms with Gasteiger partial charge in [0.2, 0.25) is 11.8 Å². The molecule has 1 atom stereocenters. The molecule has 0 bridgehead atoms. The van der Waals surface area contributed by atoms with Crippen molar-refractivity contribution >= 4 is 29.3 Å². The van der Waals surface area contributed by atoms with Crippen molar-refractivity contribution in [1.82, 2.24) is 19.8 Å². The maximum absolute atomic E-state index is 12.9. The van der Waals surface area contributed by atoms with Crippen LogP contribution in [0, 0.1) is 11.3 Å². The third-order valence-electron chi connectivity index (χ3n) is 6.04. The van der Waals surface area contributed by atoms with Gasteiger partial charge in [-0.2, -0.15) is 5.26 Å². The minimum absolute atomic E-state index is 0.215. The number of nitriles is 1. The molecule has 2 aromatic carbocycles. The lowest BCUT2D eigenvalue weighted by Crippen LogP contribution is -2.52. The van der Waals surface area contributed by atoms with Crippen LogP contribution in [0.1, 0.15) is 34.3 Å². The number of hydrogen-bond acceptors (Lipinski definition) is 5. The summed E-state index contributed by atoms with van der Waals surface area (Å²) in [6, 6.07) is 12.0. The lowest BCUT2D eigenvalue weighted by atomic mass is 10.0. The van der Waals surface area contributed by atoms with Crippen molar-refractivity contribution < 1.29 is 14.4 Å². The first kappa shape index (κ1) is 20.9. The summed E-state index contributed by atoms with van der Waals surface area (Å²) in [5, 5.41) is 12.3. The van der Waals surface area contributed by atoms with Gasteiger partial charge in [-0.1, -0.05) is 17.7 Å². The van der Waals surface area contributed by atoms with Gasteiger partial charge in [0.15, 0.2) is 0 Å². The van der Waals surface area contributed by atoms with Gasteiger partial charge >= 0.3 is 0 Å². The summed E-state index contributed by atoms with van der Waals surface area (Å²) < 4.78 is 1.83. The van der Waals surface area contributed by atoms with Gasteiger partial charge in [-0.05, 0) is 42.3 Å². The Morgan fingerprint density at radius 3 is 2.73 bits per heavy atom. The lowest BCUT2D eigenvalue weighted by Gasteiger charge is -2.29. The molecule has 33 heavy (non-hydrogen) atoms. The SMILES string of the molecule is Cn1cc(-c2ccc3c(c2)CN(C2CCC(=O)NC2=O)C3=O)nc1-c1cc(Cl)ccc1C#N. The van der Waals surface area contributed by atoms with Crippen LogP contribution in [0.2, 0.25) is 5.02 Å². The van der Waals surface area contributed by atoms with Gasteiger partial charge in [0.1, 0.15) is 11.9 Å². The van der Waals surface area contributed by atoms with E-state index >= 15 is 0 Å². The van der Waals surface area contributed by atoms with Crippen molar-refractivity contribution in [2.45, 2.75) is 25.4 Å². The fourth-order valence-corrected chi connectivity index (χ4v) is 4.56. The number of imidazole rings is 1. The molecule has 2 aliphatic heterocycles. The summed E-state index contributed by atoms with van der Waals surface area (Å²) in [5.74, 6) is -0.360. The fourth-order valence-electron chi connectivity index (χ4n) is 4.39. The number of nitrogens with zero attached hydrogens (tertiary/aromatic N) is 4. The van der Waals surface area contributed by atoms with Gasteiger partial charge in [0.05, 0.1) is 17.3 Å². The van der Waals surface area contributed by atoms with Crippen LogP contribution < -0.4 is 5.32 Å². The average molecular weight is 460 g/mol. The first-order chi connectivity index (χ1) is 15.9. The van der Waals surface area contributed by atoms with Gasteiger partial charge in [0, 0.05) is 47.9 Å². The number of fused-ring (bicyclic) bond motifs is 1. The largest absolute Gasteiger partial charge is 0.333 e. The normalized spacial score (nSPS) is 17.7. The third kappa shape index (κ3) is 3.56. The molecular formula is C24H18ClN5O3. The van der Waals surface area contributed by atoms with Crippen LogP contribution in [0.25, 0.3) is 22.6 Å². The van der Waals surface area contributed by atoms with Crippen LogP contribution in [0.15, 0.2) is 42.6 Å². The summed E-state index contributed by atoms with van der Waals surface area (Å²) in [4.78, 5) is 42.9. The summed E-state index contributed by atoms with van der Waals surface area (Å²) in [5.41, 5.74) is 3.95. The van der Waals surface area contributed by atoms with E-state index in [2.05, 4.69) is 11.4 Å². The monoisotopic (exact) mass is 459 g/mol. The summed E-state index contributed by atoms with van der Waals surface area (Å²) >= 11 is 6.14. The topological polar surface area (TPSA) is 108 Å². The fraction of sp³-hybridized carbons (Fsp3) is 0.208. The van der Waals surface area contributed by atoms with Crippen molar-refractivity contribution in [3.05, 3.63) is 64.3 Å². The Bertz CT molecular complexity index is 1390. The maximum atomic E-state index is 12.9. The zero-order valence-corrected chi connectivity index (χ0v) is 18.4. The predicted molar refractivity (Wildman–Crippen MR) is 120 cm³/mol. The number of imide groups is 1. The number of piperidine rings is 1. The minimum Gasteiger partial charge on any atom is -0.333 e. The lowest BCUT2D eigenvalue weighted by molar-refractivity contribution is -0.136. The zero-order valence-electron chi connectivity index (χ0n) is 17.6. The average Bonchev–Trinajstić information content (AvgIpc) is 3.33. The minimum atomic E-state index is -0.653. The summed E-state index contributed by atoms with van der Waals surface area (Å²) in [6.45, 7) is 0.293. The van der Waals surface area contributed by atoms with E-state index in [1.54, 1.807) is 24.3 Å². The van der Waals surface area contributed by atoms with Crippen molar-refractivity contribution in [2.24, 2.45) is 7.05 Å². The molecule has 0 saturated carbocycles. The van der Waals surface area contributed by atoms with E-state index < -0.39 is 11.9 Å². The molecule has 9 heteroatoms. The van der Waals surface area contributed by atoms with Crippen LogP contribution >= 0.6 is 11.6 Å². The van der Waals surface area contributed by atoms with Crippen molar-refractivity contribution in [3.8, 4) is 28.7 Å². The third-order valence-corrected chi connectivity index (χ3v) is 6.27. The molecule has 3 amide bonds. The number of aryl methyl sites for hydroxylation is 1. The van der Waals surface area contributed by atoms with E-state index in [0.29, 0.717) is 46.2 Å². The quantitative estimate of drug-likeness (QED) is 0.605. The van der Waals surface area contributed by atoms with E-state index in [4.69, 9.17) is 16.6 Å². The number of nitrogens with one attached hydrogen (secondary N) is 1. The Labute approximate surface area is 194 Å². The van der Waals surface area contributed by atoms with Crippen LogP contribution in [-0.4, -0.2) is 38.2 Å². The molecule has 3 heterocycles. The van der Waals surface area contributed by atoms with Crippen molar-refractivity contribution in [3.63, 3.8) is 0 Å². The molecule has 0 aliphatic carbocycles. The summed E-state index contributed by atoms with van der Waals surface area (Å²) in [6.07, 6.45) is 2.39. The van der Waals surface area contributed by atoms with Crippen molar-refractivity contribution in [2.75, 3.05) is 0 Å². The van der Waals surface area contributed by atoms with E-state index in [0.717, 1.165) is 11.1 Å². The highest BCUT2D eigenvalue weighted by Gasteiger charge is 2.39. The second kappa shape index (κ2) is 7.87. The van der Waals surface area contributed by atoms with Gasteiger partial charge in [0.25, 0.3) is 5.91 Å². The Morgan fingerprint density at radius 1 is 1.15 bits per heavy atom. The highest BCUT2D eigenvalue weighted by molar-refractivity contribution is 6.30. The van der Waals surface area contributed by atoms with Gasteiger partial charge in [-0.3, -0.25) is 19.7 Å². The van der Waals surface area contributed by atoms with Crippen LogP contribution in [0.3, 0.4) is 0 Å². The number of rotatable bonds is 3. The standard InChI is InChI=1S/C24H18ClN5O3/c1-29-12-19(27-22(29)18-9-16(25)4-2-14(18)10-26)13-3-5-17-15(8-13)11-30(24(17)33)20-6-7-21(31)28-23(20)32/h2-5,8-9,12,20H,6-7,11H2,1H3,(H,28,31,32). The number of carbonyl (C=O) groups excluding carboxylic acids is 3. The second-order valence-electron chi connectivity index (χ2n) is 8.13. The number of carbonyl (C=O) groups is 3. The zero-order chi connectivity index (χ0) is 23.3. The molecule has 0 radical (unpaired) electrons. The Morgan fingerprint density at radius 2 is 1.97 bits per heavy atom. The Hall–Kier alpha value is -3.96. The number of halogens is 1. The van der Waals surface area contributed by atoms with Gasteiger partial charge in [-0.15, -0.1) is 0 Å². The number of hydrogen-bond donors (Lipinski definition) is 1. The van der Waals surface area contributed by atoms with Crippen LogP contribution in [0.4, 0.5) is 0 Å². The number of aromatic nitrogens is 2. The molecule has 2 aliphatic rings. The molecule has 5 rings (SSSR count). The molecule has 1 saturated heterocycles. The highest BCUT2D eigenvalue weighted by Crippen LogP contribution is 2.33. The van der Waals surface area contributed by atoms with E-state index in [1.165, 1.54) is 4.90 Å². The number of amides is 3. The Kier molecular flexibility index (Phi) is 4.99. The molecule has 0 spiro atoms. The van der Waals surface area contributed by atoms with E-state index in [-0.39, 0.29) is 18.2 Å². The molecule has 1 aromatic heterocycles. The smallest absolute Gasteiger partial charge is 0.255 e. The van der Waals surface area contributed by atoms with Gasteiger partial charge < -0.3 is 9.47 Å². The van der Waals surface area contributed by atoms with Crippen molar-refractivity contribution in [1.29, 1.82) is 5.26 Å². The molecule has 3 aromatic rings. The Balaban J connectivity index is 1.47.